The molecule has 1 N–H and O–H groups in total. The minimum atomic E-state index is -4.59. The Hall–Kier alpha value is -1.66. The first-order valence-corrected chi connectivity index (χ1v) is 3.56. The van der Waals surface area contributed by atoms with Gasteiger partial charge in [0.25, 0.3) is 5.91 Å². The number of rotatable bonds is 1. The van der Waals surface area contributed by atoms with E-state index in [9.17, 15) is 18.0 Å². The zero-order chi connectivity index (χ0) is 10.8. The Kier molecular flexibility index (Phi) is 2.68. The van der Waals surface area contributed by atoms with Gasteiger partial charge in [-0.1, -0.05) is 0 Å². The Balaban J connectivity index is 3.08. The van der Waals surface area contributed by atoms with Crippen molar-refractivity contribution in [2.75, 3.05) is 7.05 Å². The van der Waals surface area contributed by atoms with Gasteiger partial charge in [0.05, 0.1) is 12.4 Å². The quantitative estimate of drug-likeness (QED) is 0.739. The van der Waals surface area contributed by atoms with Crippen LogP contribution in [-0.4, -0.2) is 22.9 Å². The minimum absolute atomic E-state index is 0.359. The predicted octanol–water partition coefficient (Wildman–Crippen LogP) is 0.855. The van der Waals surface area contributed by atoms with Crippen molar-refractivity contribution in [3.05, 3.63) is 23.8 Å². The van der Waals surface area contributed by atoms with Crippen LogP contribution in [0.1, 0.15) is 16.2 Å². The summed E-state index contributed by atoms with van der Waals surface area (Å²) in [4.78, 5) is 17.3. The van der Waals surface area contributed by atoms with Crippen LogP contribution in [0.2, 0.25) is 0 Å². The molecule has 0 aliphatic rings. The van der Waals surface area contributed by atoms with Gasteiger partial charge in [-0.05, 0) is 0 Å². The van der Waals surface area contributed by atoms with Gasteiger partial charge in [0, 0.05) is 7.05 Å². The summed E-state index contributed by atoms with van der Waals surface area (Å²) in [6.07, 6.45) is -3.06. The highest BCUT2D eigenvalue weighted by molar-refractivity contribution is 5.91. The van der Waals surface area contributed by atoms with E-state index < -0.39 is 17.8 Å². The van der Waals surface area contributed by atoms with Crippen LogP contribution in [0.3, 0.4) is 0 Å². The number of nitrogens with zero attached hydrogens (tertiary/aromatic N) is 2. The molecule has 76 valence electrons. The summed E-state index contributed by atoms with van der Waals surface area (Å²) < 4.78 is 36.3. The van der Waals surface area contributed by atoms with Gasteiger partial charge >= 0.3 is 6.18 Å². The molecule has 0 fully saturated rings. The van der Waals surface area contributed by atoms with Crippen molar-refractivity contribution in [2.24, 2.45) is 0 Å². The standard InChI is InChI=1S/C7H6F3N3O/c1-11-6(14)4-2-12-3-5(13-4)7(8,9)10/h2-3H,1H3,(H,11,14). The highest BCUT2D eigenvalue weighted by Gasteiger charge is 2.33. The summed E-state index contributed by atoms with van der Waals surface area (Å²) >= 11 is 0. The maximum absolute atomic E-state index is 12.1. The number of hydrogen-bond acceptors (Lipinski definition) is 3. The summed E-state index contributed by atoms with van der Waals surface area (Å²) in [7, 11) is 1.30. The second-order valence-corrected chi connectivity index (χ2v) is 2.37. The van der Waals surface area contributed by atoms with Crippen LogP contribution in [0.5, 0.6) is 0 Å². The van der Waals surface area contributed by atoms with E-state index in [1.807, 2.05) is 0 Å². The van der Waals surface area contributed by atoms with E-state index in [1.54, 1.807) is 0 Å². The van der Waals surface area contributed by atoms with Crippen molar-refractivity contribution >= 4 is 5.91 Å². The molecule has 0 aliphatic carbocycles. The Bertz CT molecular complexity index is 350. The molecule has 0 saturated heterocycles. The average Bonchev–Trinajstić information content (AvgIpc) is 2.15. The Morgan fingerprint density at radius 1 is 1.43 bits per heavy atom. The molecule has 1 aromatic heterocycles. The molecule has 0 bridgehead atoms. The van der Waals surface area contributed by atoms with Crippen LogP contribution in [-0.2, 0) is 6.18 Å². The summed E-state index contributed by atoms with van der Waals surface area (Å²) in [6.45, 7) is 0. The summed E-state index contributed by atoms with van der Waals surface area (Å²) in [5, 5.41) is 2.15. The Labute approximate surface area is 77.2 Å². The summed E-state index contributed by atoms with van der Waals surface area (Å²) in [5.41, 5.74) is -1.54. The minimum Gasteiger partial charge on any atom is -0.354 e. The van der Waals surface area contributed by atoms with Crippen molar-refractivity contribution in [3.8, 4) is 0 Å². The van der Waals surface area contributed by atoms with Gasteiger partial charge < -0.3 is 5.32 Å². The fourth-order valence-electron chi connectivity index (χ4n) is 0.740. The monoisotopic (exact) mass is 205 g/mol. The Morgan fingerprint density at radius 2 is 2.07 bits per heavy atom. The zero-order valence-electron chi connectivity index (χ0n) is 7.09. The molecule has 1 heterocycles. The number of nitrogens with one attached hydrogen (secondary N) is 1. The van der Waals surface area contributed by atoms with Crippen LogP contribution in [0, 0.1) is 0 Å². The van der Waals surface area contributed by atoms with E-state index in [2.05, 4.69) is 15.3 Å². The van der Waals surface area contributed by atoms with Crippen LogP contribution in [0.25, 0.3) is 0 Å². The lowest BCUT2D eigenvalue weighted by atomic mass is 10.4. The van der Waals surface area contributed by atoms with Crippen LogP contribution in [0.15, 0.2) is 12.4 Å². The highest BCUT2D eigenvalue weighted by atomic mass is 19.4. The maximum Gasteiger partial charge on any atom is 0.434 e. The largest absolute Gasteiger partial charge is 0.434 e. The fourth-order valence-corrected chi connectivity index (χ4v) is 0.740. The lowest BCUT2D eigenvalue weighted by molar-refractivity contribution is -0.141. The van der Waals surface area contributed by atoms with Gasteiger partial charge in [-0.15, -0.1) is 0 Å². The molecule has 0 aliphatic heterocycles. The third-order valence-electron chi connectivity index (χ3n) is 1.38. The number of aromatic nitrogens is 2. The maximum atomic E-state index is 12.1. The van der Waals surface area contributed by atoms with E-state index in [0.717, 1.165) is 6.20 Å². The average molecular weight is 205 g/mol. The fraction of sp³-hybridized carbons (Fsp3) is 0.286. The smallest absolute Gasteiger partial charge is 0.354 e. The van der Waals surface area contributed by atoms with Gasteiger partial charge in [-0.2, -0.15) is 13.2 Å². The molecule has 0 atom stereocenters. The normalized spacial score (nSPS) is 11.1. The van der Waals surface area contributed by atoms with Gasteiger partial charge in [0.1, 0.15) is 5.69 Å². The number of alkyl halides is 3. The molecule has 0 saturated carbocycles. The predicted molar refractivity (Wildman–Crippen MR) is 40.4 cm³/mol. The van der Waals surface area contributed by atoms with E-state index >= 15 is 0 Å². The van der Waals surface area contributed by atoms with E-state index in [1.165, 1.54) is 7.05 Å². The first-order chi connectivity index (χ1) is 6.45. The second kappa shape index (κ2) is 3.60. The van der Waals surface area contributed by atoms with Crippen molar-refractivity contribution in [2.45, 2.75) is 6.18 Å². The van der Waals surface area contributed by atoms with Crippen molar-refractivity contribution < 1.29 is 18.0 Å². The third-order valence-corrected chi connectivity index (χ3v) is 1.38. The first kappa shape index (κ1) is 10.4. The van der Waals surface area contributed by atoms with E-state index in [0.29, 0.717) is 6.20 Å². The second-order valence-electron chi connectivity index (χ2n) is 2.37. The highest BCUT2D eigenvalue weighted by Crippen LogP contribution is 2.26. The Morgan fingerprint density at radius 3 is 2.57 bits per heavy atom. The van der Waals surface area contributed by atoms with Crippen molar-refractivity contribution in [3.63, 3.8) is 0 Å². The van der Waals surface area contributed by atoms with E-state index in [4.69, 9.17) is 0 Å². The SMILES string of the molecule is CNC(=O)c1cncc(C(F)(F)F)n1. The number of amides is 1. The van der Waals surface area contributed by atoms with Gasteiger partial charge in [0.2, 0.25) is 0 Å². The molecule has 14 heavy (non-hydrogen) atoms. The summed E-state index contributed by atoms with van der Waals surface area (Å²) in [6, 6.07) is 0. The molecule has 7 heteroatoms. The molecule has 0 radical (unpaired) electrons. The van der Waals surface area contributed by atoms with Crippen LogP contribution < -0.4 is 5.32 Å². The molecule has 0 aromatic carbocycles. The molecule has 1 aromatic rings. The van der Waals surface area contributed by atoms with Crippen LogP contribution in [0.4, 0.5) is 13.2 Å². The first-order valence-electron chi connectivity index (χ1n) is 3.56. The number of hydrogen-bond donors (Lipinski definition) is 1. The number of carbonyl (C=O) groups is 1. The topological polar surface area (TPSA) is 54.9 Å². The number of carbonyl (C=O) groups excluding carboxylic acids is 1. The lowest BCUT2D eigenvalue weighted by Gasteiger charge is -2.05. The van der Waals surface area contributed by atoms with Gasteiger partial charge in [0.15, 0.2) is 5.69 Å². The molecular formula is C7H6F3N3O. The van der Waals surface area contributed by atoms with Gasteiger partial charge in [-0.25, -0.2) is 4.98 Å². The molecule has 0 unspecified atom stereocenters. The van der Waals surface area contributed by atoms with Crippen molar-refractivity contribution in [1.82, 2.24) is 15.3 Å². The molecule has 1 rings (SSSR count). The number of halogens is 3. The van der Waals surface area contributed by atoms with Gasteiger partial charge in [-0.3, -0.25) is 9.78 Å². The van der Waals surface area contributed by atoms with E-state index in [-0.39, 0.29) is 5.69 Å². The third kappa shape index (κ3) is 2.18. The van der Waals surface area contributed by atoms with Crippen molar-refractivity contribution in [1.29, 1.82) is 0 Å². The lowest BCUT2D eigenvalue weighted by Crippen LogP contribution is -2.21. The zero-order valence-corrected chi connectivity index (χ0v) is 7.09. The molecule has 0 spiro atoms. The molecule has 4 nitrogen and oxygen atoms in total. The molecule has 1 amide bonds. The van der Waals surface area contributed by atoms with Crippen LogP contribution >= 0.6 is 0 Å². The molecular weight excluding hydrogens is 199 g/mol. The summed E-state index contributed by atoms with van der Waals surface area (Å²) in [5.74, 6) is -0.705.